The van der Waals surface area contributed by atoms with Crippen molar-refractivity contribution in [3.63, 3.8) is 0 Å². The summed E-state index contributed by atoms with van der Waals surface area (Å²) in [6, 6.07) is 0. The van der Waals surface area contributed by atoms with Gasteiger partial charge in [0.15, 0.2) is 5.03 Å². The zero-order valence-corrected chi connectivity index (χ0v) is 10.2. The molecule has 1 aromatic rings. The van der Waals surface area contributed by atoms with Crippen LogP contribution in [0, 0.1) is 0 Å². The number of carbonyl (C=O) groups is 1. The Kier molecular flexibility index (Phi) is 3.56. The molecule has 90 valence electrons. The maximum Gasteiger partial charge on any atom is 0.318 e. The molecule has 0 aliphatic rings. The molecule has 0 radical (unpaired) electrons. The predicted molar refractivity (Wildman–Crippen MR) is 55.7 cm³/mol. The van der Waals surface area contributed by atoms with Gasteiger partial charge in [-0.15, -0.1) is 0 Å². The van der Waals surface area contributed by atoms with Gasteiger partial charge in [-0.05, 0) is 0 Å². The molecule has 7 nitrogen and oxygen atoms in total. The molecule has 0 saturated heterocycles. The monoisotopic (exact) mass is 267 g/mol. The van der Waals surface area contributed by atoms with E-state index in [9.17, 15) is 13.2 Å². The molecular formula is C7H10ClN3O4S. The number of rotatable bonds is 4. The second kappa shape index (κ2) is 4.40. The fraction of sp³-hybridized carbons (Fsp3) is 0.429. The number of aliphatic carboxylic acids is 1. The number of hydrogen-bond acceptors (Lipinski definition) is 4. The van der Waals surface area contributed by atoms with Gasteiger partial charge in [0.1, 0.15) is 6.54 Å². The summed E-state index contributed by atoms with van der Waals surface area (Å²) in [5.41, 5.74) is 0. The van der Waals surface area contributed by atoms with Gasteiger partial charge < -0.3 is 5.11 Å². The number of sulfonamides is 1. The van der Waals surface area contributed by atoms with Crippen molar-refractivity contribution in [2.45, 2.75) is 5.03 Å². The van der Waals surface area contributed by atoms with Gasteiger partial charge in [0, 0.05) is 14.1 Å². The summed E-state index contributed by atoms with van der Waals surface area (Å²) in [6.45, 7) is -0.635. The lowest BCUT2D eigenvalue weighted by atomic mass is 10.7. The number of hydrogen-bond donors (Lipinski definition) is 1. The Hall–Kier alpha value is -1.12. The highest BCUT2D eigenvalue weighted by Crippen LogP contribution is 2.22. The first-order chi connectivity index (χ1) is 7.26. The van der Waals surface area contributed by atoms with Crippen LogP contribution in [0.5, 0.6) is 0 Å². The Labute approximate surface area is 97.3 Å². The minimum atomic E-state index is -3.93. The van der Waals surface area contributed by atoms with Gasteiger partial charge in [0.2, 0.25) is 0 Å². The van der Waals surface area contributed by atoms with Gasteiger partial charge in [0.05, 0.1) is 11.2 Å². The lowest BCUT2D eigenvalue weighted by molar-refractivity contribution is -0.137. The van der Waals surface area contributed by atoms with Crippen molar-refractivity contribution in [1.82, 2.24) is 14.1 Å². The summed E-state index contributed by atoms with van der Waals surface area (Å²) in [4.78, 5) is 10.4. The topological polar surface area (TPSA) is 92.5 Å². The third kappa shape index (κ3) is 2.34. The molecule has 0 unspecified atom stereocenters. The molecule has 1 rings (SSSR count). The maximum absolute atomic E-state index is 11.9. The molecule has 0 spiro atoms. The van der Waals surface area contributed by atoms with Crippen LogP contribution in [-0.2, 0) is 21.9 Å². The first-order valence-electron chi connectivity index (χ1n) is 4.12. The fourth-order valence-corrected chi connectivity index (χ4v) is 2.83. The normalized spacial score (nSPS) is 12.0. The highest BCUT2D eigenvalue weighted by molar-refractivity contribution is 7.89. The van der Waals surface area contributed by atoms with Gasteiger partial charge >= 0.3 is 5.97 Å². The molecule has 0 aliphatic heterocycles. The number of carboxylic acid groups (broad SMARTS) is 1. The van der Waals surface area contributed by atoms with Crippen LogP contribution in [0.4, 0.5) is 0 Å². The van der Waals surface area contributed by atoms with Crippen molar-refractivity contribution in [2.75, 3.05) is 13.6 Å². The Bertz CT molecular complexity index is 490. The van der Waals surface area contributed by atoms with E-state index in [0.29, 0.717) is 4.31 Å². The van der Waals surface area contributed by atoms with Crippen LogP contribution in [0.3, 0.4) is 0 Å². The second-order valence-electron chi connectivity index (χ2n) is 3.08. The molecule has 9 heteroatoms. The largest absolute Gasteiger partial charge is 0.480 e. The highest BCUT2D eigenvalue weighted by Gasteiger charge is 2.28. The number of aryl methyl sites for hydroxylation is 1. The highest BCUT2D eigenvalue weighted by atomic mass is 35.5. The first kappa shape index (κ1) is 12.9. The first-order valence-corrected chi connectivity index (χ1v) is 5.94. The number of likely N-dealkylation sites (N-methyl/N-ethyl adjacent to an activating group) is 1. The van der Waals surface area contributed by atoms with Gasteiger partial charge in [-0.1, -0.05) is 11.6 Å². The maximum atomic E-state index is 11.9. The molecule has 16 heavy (non-hydrogen) atoms. The van der Waals surface area contributed by atoms with Crippen molar-refractivity contribution in [1.29, 1.82) is 0 Å². The van der Waals surface area contributed by atoms with Gasteiger partial charge in [-0.2, -0.15) is 9.40 Å². The standard InChI is InChI=1S/C7H10ClN3O4S/c1-10(4-6(12)13)16(14,15)7-5(8)3-9-11(7)2/h3H,4H2,1-2H3,(H,12,13). The van der Waals surface area contributed by atoms with Gasteiger partial charge in [-0.3, -0.25) is 9.48 Å². The quantitative estimate of drug-likeness (QED) is 0.814. The Balaban J connectivity index is 3.17. The van der Waals surface area contributed by atoms with E-state index in [4.69, 9.17) is 16.7 Å². The SMILES string of the molecule is CN(CC(=O)O)S(=O)(=O)c1c(Cl)cnn1C. The molecule has 0 aliphatic carbocycles. The van der Waals surface area contributed by atoms with E-state index in [-0.39, 0.29) is 10.0 Å². The fourth-order valence-electron chi connectivity index (χ4n) is 1.11. The number of carboxylic acids is 1. The second-order valence-corrected chi connectivity index (χ2v) is 5.44. The molecule has 1 heterocycles. The Morgan fingerprint density at radius 2 is 2.25 bits per heavy atom. The molecule has 0 bridgehead atoms. The van der Waals surface area contributed by atoms with Crippen LogP contribution >= 0.6 is 11.6 Å². The summed E-state index contributed by atoms with van der Waals surface area (Å²) in [7, 11) is -1.36. The average Bonchev–Trinajstić information content (AvgIpc) is 2.45. The molecule has 0 fully saturated rings. The summed E-state index contributed by atoms with van der Waals surface area (Å²) in [5.74, 6) is -1.25. The molecule has 1 N–H and O–H groups in total. The van der Waals surface area contributed by atoms with E-state index in [1.165, 1.54) is 13.2 Å². The third-order valence-corrected chi connectivity index (χ3v) is 4.17. The lowest BCUT2D eigenvalue weighted by Crippen LogP contribution is -2.33. The molecule has 0 saturated carbocycles. The molecule has 1 aromatic heterocycles. The van der Waals surface area contributed by atoms with E-state index in [2.05, 4.69) is 5.10 Å². The molecular weight excluding hydrogens is 258 g/mol. The number of aromatic nitrogens is 2. The third-order valence-electron chi connectivity index (χ3n) is 1.86. The summed E-state index contributed by atoms with van der Waals surface area (Å²) >= 11 is 5.67. The van der Waals surface area contributed by atoms with Crippen molar-refractivity contribution < 1.29 is 18.3 Å². The average molecular weight is 268 g/mol. The summed E-state index contributed by atoms with van der Waals surface area (Å²) in [5, 5.41) is 11.9. The number of nitrogens with zero attached hydrogens (tertiary/aromatic N) is 3. The van der Waals surface area contributed by atoms with Crippen LogP contribution in [0.2, 0.25) is 5.02 Å². The molecule has 0 aromatic carbocycles. The summed E-state index contributed by atoms with van der Waals surface area (Å²) < 4.78 is 25.5. The smallest absolute Gasteiger partial charge is 0.318 e. The molecule has 0 atom stereocenters. The Morgan fingerprint density at radius 3 is 2.62 bits per heavy atom. The van der Waals surface area contributed by atoms with Crippen molar-refractivity contribution in [3.8, 4) is 0 Å². The van der Waals surface area contributed by atoms with E-state index in [0.717, 1.165) is 11.7 Å². The van der Waals surface area contributed by atoms with E-state index >= 15 is 0 Å². The Morgan fingerprint density at radius 1 is 1.69 bits per heavy atom. The molecule has 0 amide bonds. The van der Waals surface area contributed by atoms with Gasteiger partial charge in [-0.25, -0.2) is 8.42 Å². The predicted octanol–water partition coefficient (Wildman–Crippen LogP) is -0.221. The summed E-state index contributed by atoms with van der Waals surface area (Å²) in [6.07, 6.45) is 1.18. The lowest BCUT2D eigenvalue weighted by Gasteiger charge is -2.14. The minimum absolute atomic E-state index is 0.0419. The van der Waals surface area contributed by atoms with Crippen molar-refractivity contribution in [2.24, 2.45) is 7.05 Å². The van der Waals surface area contributed by atoms with E-state index in [1.807, 2.05) is 0 Å². The van der Waals surface area contributed by atoms with E-state index in [1.54, 1.807) is 0 Å². The zero-order valence-electron chi connectivity index (χ0n) is 8.58. The van der Waals surface area contributed by atoms with Crippen LogP contribution < -0.4 is 0 Å². The van der Waals surface area contributed by atoms with Crippen LogP contribution in [-0.4, -0.2) is 47.2 Å². The zero-order chi connectivity index (χ0) is 12.5. The van der Waals surface area contributed by atoms with E-state index < -0.39 is 22.5 Å². The van der Waals surface area contributed by atoms with Crippen LogP contribution in [0.1, 0.15) is 0 Å². The number of halogens is 1. The van der Waals surface area contributed by atoms with Crippen LogP contribution in [0.25, 0.3) is 0 Å². The van der Waals surface area contributed by atoms with Crippen molar-refractivity contribution in [3.05, 3.63) is 11.2 Å². The van der Waals surface area contributed by atoms with Crippen molar-refractivity contribution >= 4 is 27.6 Å². The van der Waals surface area contributed by atoms with Crippen LogP contribution in [0.15, 0.2) is 11.2 Å². The minimum Gasteiger partial charge on any atom is -0.480 e. The van der Waals surface area contributed by atoms with Gasteiger partial charge in [0.25, 0.3) is 10.0 Å².